The van der Waals surface area contributed by atoms with Gasteiger partial charge in [-0.05, 0) is 117 Å². The average molecular weight is 885 g/mol. The van der Waals surface area contributed by atoms with E-state index in [0.717, 1.165) is 51.1 Å². The fraction of sp³-hybridized carbons (Fsp3) is 0.0545. The fourth-order valence-electron chi connectivity index (χ4n) is 7.09. The SMILES string of the molecule is C/C=C/c1ccc(-c2ccc(-c3ccc(-c4cc(F)c(C)c(F)c4)c(F)c3)cc2)cc1.C=Cc1ccc(-c2ccc(-c3ccc(-c4cc(F)c(OC(F)(F)F)c(F)c4)c(F)c3)cc2)cc1. The van der Waals surface area contributed by atoms with E-state index < -0.39 is 47.0 Å². The van der Waals surface area contributed by atoms with E-state index in [-0.39, 0.29) is 27.8 Å². The predicted octanol–water partition coefficient (Wildman–Crippen LogP) is 17.1. The molecule has 8 aromatic carbocycles. The van der Waals surface area contributed by atoms with Crippen LogP contribution in [0.25, 0.3) is 78.9 Å². The first-order valence-corrected chi connectivity index (χ1v) is 20.1. The molecule has 0 saturated heterocycles. The molecule has 0 atom stereocenters. The van der Waals surface area contributed by atoms with Gasteiger partial charge in [-0.3, -0.25) is 0 Å². The van der Waals surface area contributed by atoms with Gasteiger partial charge in [0.1, 0.15) is 23.3 Å². The Morgan fingerprint density at radius 2 is 0.708 bits per heavy atom. The van der Waals surface area contributed by atoms with Gasteiger partial charge < -0.3 is 4.74 Å². The Morgan fingerprint density at radius 1 is 0.400 bits per heavy atom. The average Bonchev–Trinajstić information content (AvgIpc) is 3.29. The first-order chi connectivity index (χ1) is 31.1. The Labute approximate surface area is 370 Å². The van der Waals surface area contributed by atoms with Gasteiger partial charge in [0.15, 0.2) is 11.6 Å². The Kier molecular flexibility index (Phi) is 13.6. The van der Waals surface area contributed by atoms with E-state index in [2.05, 4.69) is 35.6 Å². The third-order valence-corrected chi connectivity index (χ3v) is 10.6. The second-order valence-corrected chi connectivity index (χ2v) is 14.9. The smallest absolute Gasteiger partial charge is 0.399 e. The van der Waals surface area contributed by atoms with Crippen LogP contribution in [0.4, 0.5) is 39.5 Å². The molecule has 10 heteroatoms. The lowest BCUT2D eigenvalue weighted by Gasteiger charge is -2.13. The van der Waals surface area contributed by atoms with Gasteiger partial charge in [-0.25, -0.2) is 26.3 Å². The molecule has 0 saturated carbocycles. The molecular weight excluding hydrogens is 848 g/mol. The maximum absolute atomic E-state index is 14.8. The predicted molar refractivity (Wildman–Crippen MR) is 241 cm³/mol. The Balaban J connectivity index is 0.000000195. The summed E-state index contributed by atoms with van der Waals surface area (Å²) in [5.74, 6) is -7.46. The highest BCUT2D eigenvalue weighted by Crippen LogP contribution is 2.36. The molecule has 0 heterocycles. The summed E-state index contributed by atoms with van der Waals surface area (Å²) in [6, 6.07) is 43.6. The molecule has 8 rings (SSSR count). The molecule has 0 aliphatic carbocycles. The zero-order valence-corrected chi connectivity index (χ0v) is 34.8. The third kappa shape index (κ3) is 10.8. The zero-order valence-electron chi connectivity index (χ0n) is 34.8. The van der Waals surface area contributed by atoms with Crippen LogP contribution in [0.5, 0.6) is 5.75 Å². The van der Waals surface area contributed by atoms with Gasteiger partial charge in [0, 0.05) is 16.7 Å². The van der Waals surface area contributed by atoms with Crippen molar-refractivity contribution in [3.05, 3.63) is 222 Å². The summed E-state index contributed by atoms with van der Waals surface area (Å²) in [7, 11) is 0. The van der Waals surface area contributed by atoms with Crippen molar-refractivity contribution in [1.29, 1.82) is 0 Å². The first kappa shape index (κ1) is 45.4. The van der Waals surface area contributed by atoms with Gasteiger partial charge in [-0.1, -0.05) is 146 Å². The van der Waals surface area contributed by atoms with Crippen LogP contribution < -0.4 is 4.74 Å². The van der Waals surface area contributed by atoms with Crippen molar-refractivity contribution in [2.24, 2.45) is 0 Å². The molecule has 1 nitrogen and oxygen atoms in total. The van der Waals surface area contributed by atoms with Crippen LogP contribution in [0.15, 0.2) is 170 Å². The minimum absolute atomic E-state index is 0.0719. The lowest BCUT2D eigenvalue weighted by Crippen LogP contribution is -2.19. The van der Waals surface area contributed by atoms with Crippen LogP contribution >= 0.6 is 0 Å². The monoisotopic (exact) mass is 884 g/mol. The van der Waals surface area contributed by atoms with E-state index in [0.29, 0.717) is 28.8 Å². The van der Waals surface area contributed by atoms with Gasteiger partial charge in [0.05, 0.1) is 0 Å². The second-order valence-electron chi connectivity index (χ2n) is 14.9. The van der Waals surface area contributed by atoms with Crippen molar-refractivity contribution >= 4 is 12.2 Å². The fourth-order valence-corrected chi connectivity index (χ4v) is 7.09. The van der Waals surface area contributed by atoms with E-state index in [9.17, 15) is 39.5 Å². The summed E-state index contributed by atoms with van der Waals surface area (Å²) in [6.45, 7) is 7.06. The van der Waals surface area contributed by atoms with E-state index >= 15 is 0 Å². The van der Waals surface area contributed by atoms with Crippen molar-refractivity contribution in [3.8, 4) is 72.5 Å². The van der Waals surface area contributed by atoms with Gasteiger partial charge in [0.25, 0.3) is 0 Å². The molecule has 0 bridgehead atoms. The third-order valence-electron chi connectivity index (χ3n) is 10.6. The van der Waals surface area contributed by atoms with Crippen LogP contribution in [-0.2, 0) is 0 Å². The van der Waals surface area contributed by atoms with Gasteiger partial charge in [0.2, 0.25) is 5.75 Å². The number of halogens is 9. The van der Waals surface area contributed by atoms with E-state index in [1.807, 2.05) is 91.9 Å². The van der Waals surface area contributed by atoms with Crippen molar-refractivity contribution in [2.75, 3.05) is 0 Å². The summed E-state index contributed by atoms with van der Waals surface area (Å²) >= 11 is 0. The number of allylic oxidation sites excluding steroid dienone is 1. The molecule has 0 radical (unpaired) electrons. The minimum atomic E-state index is -5.26. The van der Waals surface area contributed by atoms with Crippen molar-refractivity contribution in [1.82, 2.24) is 0 Å². The van der Waals surface area contributed by atoms with Gasteiger partial charge in [-0.2, -0.15) is 0 Å². The topological polar surface area (TPSA) is 9.23 Å². The summed E-state index contributed by atoms with van der Waals surface area (Å²) in [5, 5.41) is 0. The second kappa shape index (κ2) is 19.4. The lowest BCUT2D eigenvalue weighted by atomic mass is 9.97. The van der Waals surface area contributed by atoms with E-state index in [1.165, 1.54) is 25.1 Å². The maximum Gasteiger partial charge on any atom is 0.573 e. The van der Waals surface area contributed by atoms with Crippen LogP contribution in [0.2, 0.25) is 0 Å². The Bertz CT molecular complexity index is 2960. The molecule has 0 amide bonds. The molecule has 0 spiro atoms. The van der Waals surface area contributed by atoms with Crippen molar-refractivity contribution in [2.45, 2.75) is 20.2 Å². The van der Waals surface area contributed by atoms with E-state index in [1.54, 1.807) is 24.3 Å². The number of ether oxygens (including phenoxy) is 1. The van der Waals surface area contributed by atoms with Gasteiger partial charge in [-0.15, -0.1) is 13.2 Å². The highest BCUT2D eigenvalue weighted by molar-refractivity contribution is 5.76. The van der Waals surface area contributed by atoms with Crippen LogP contribution in [0.1, 0.15) is 23.6 Å². The summed E-state index contributed by atoms with van der Waals surface area (Å²) in [5.41, 5.74) is 8.92. The molecule has 0 N–H and O–H groups in total. The lowest BCUT2D eigenvalue weighted by molar-refractivity contribution is -0.276. The molecule has 0 aromatic heterocycles. The molecule has 0 unspecified atom stereocenters. The molecule has 65 heavy (non-hydrogen) atoms. The van der Waals surface area contributed by atoms with Crippen molar-refractivity contribution < 1.29 is 44.3 Å². The van der Waals surface area contributed by atoms with Gasteiger partial charge >= 0.3 is 6.36 Å². The molecule has 0 fully saturated rings. The first-order valence-electron chi connectivity index (χ1n) is 20.1. The molecule has 0 aliphatic heterocycles. The molecule has 8 aromatic rings. The maximum atomic E-state index is 14.8. The van der Waals surface area contributed by atoms with Crippen LogP contribution in [0, 0.1) is 41.8 Å². The largest absolute Gasteiger partial charge is 0.573 e. The summed E-state index contributed by atoms with van der Waals surface area (Å²) in [4.78, 5) is 0. The zero-order chi connectivity index (χ0) is 46.4. The quantitative estimate of drug-likeness (QED) is 0.131. The van der Waals surface area contributed by atoms with Crippen LogP contribution in [0.3, 0.4) is 0 Å². The van der Waals surface area contributed by atoms with E-state index in [4.69, 9.17) is 0 Å². The standard InChI is InChI=1S/C28H21F3.C27H16F6O/c1-3-4-19-5-7-20(8-6-19)21-9-11-22(12-10-21)23-13-14-25(28(31)15-23)24-16-26(29)18(2)27(30)17-24;1-2-16-3-5-17(6-4-16)18-7-9-19(10-8-18)20-11-12-22(23(28)13-20)21-14-24(29)26(25(30)15-21)34-27(31,32)33/h3-17H,1-2H3;2-15H,1H2/b4-3+;. The van der Waals surface area contributed by atoms with Crippen LogP contribution in [-0.4, -0.2) is 6.36 Å². The molecule has 0 aliphatic rings. The Morgan fingerprint density at radius 3 is 1.05 bits per heavy atom. The summed E-state index contributed by atoms with van der Waals surface area (Å²) in [6.07, 6.45) is 0.531. The number of hydrogen-bond donors (Lipinski definition) is 0. The molecule has 326 valence electrons. The normalized spacial score (nSPS) is 11.3. The number of hydrogen-bond acceptors (Lipinski definition) is 1. The highest BCUT2D eigenvalue weighted by Gasteiger charge is 2.34. The number of benzene rings is 8. The number of alkyl halides is 3. The minimum Gasteiger partial charge on any atom is -0.399 e. The highest BCUT2D eigenvalue weighted by atomic mass is 19.4. The van der Waals surface area contributed by atoms with Crippen molar-refractivity contribution in [3.63, 3.8) is 0 Å². The molecular formula is C55H37F9O. The Hall–Kier alpha value is -7.59. The number of rotatable bonds is 9. The summed E-state index contributed by atoms with van der Waals surface area (Å²) < 4.78 is 126.